The lowest BCUT2D eigenvalue weighted by molar-refractivity contribution is 0.0664. The Morgan fingerprint density at radius 3 is 2.17 bits per heavy atom. The molecule has 6 nitrogen and oxygen atoms in total. The Morgan fingerprint density at radius 1 is 0.810 bits per heavy atom. The fourth-order valence-electron chi connectivity index (χ4n) is 7.30. The first-order valence-corrected chi connectivity index (χ1v) is 14.0. The molecule has 1 saturated heterocycles. The van der Waals surface area contributed by atoms with Crippen LogP contribution in [-0.4, -0.2) is 43.7 Å². The van der Waals surface area contributed by atoms with Crippen molar-refractivity contribution in [1.29, 1.82) is 0 Å². The predicted molar refractivity (Wildman–Crippen MR) is 161 cm³/mol. The molecule has 208 valence electrons. The second-order valence-electron chi connectivity index (χ2n) is 11.1. The molecule has 42 heavy (non-hydrogen) atoms. The maximum atomic E-state index is 14.8. The van der Waals surface area contributed by atoms with E-state index in [4.69, 9.17) is 9.47 Å². The SMILES string of the molecule is COc1ccc(OC)c(C2C(C(=O)c3ccccc3)N3c4ccc(C)cc4C=CC3C23C(=O)c2ccccc2C3=O)c1. The van der Waals surface area contributed by atoms with Gasteiger partial charge in [0, 0.05) is 33.9 Å². The molecule has 2 heterocycles. The van der Waals surface area contributed by atoms with E-state index in [1.807, 2.05) is 54.3 Å². The monoisotopic (exact) mass is 555 g/mol. The number of Topliss-reactive ketones (excluding diaryl/α,β-unsaturated/α-hetero) is 3. The maximum Gasteiger partial charge on any atom is 0.185 e. The molecule has 6 heteroatoms. The smallest absolute Gasteiger partial charge is 0.185 e. The molecule has 1 aliphatic carbocycles. The highest BCUT2D eigenvalue weighted by Crippen LogP contribution is 2.62. The Balaban J connectivity index is 1.59. The van der Waals surface area contributed by atoms with Crippen LogP contribution in [0.4, 0.5) is 5.69 Å². The Labute approximate surface area is 244 Å². The summed E-state index contributed by atoms with van der Waals surface area (Å²) in [6.07, 6.45) is 3.91. The summed E-state index contributed by atoms with van der Waals surface area (Å²) in [5.74, 6) is -0.599. The van der Waals surface area contributed by atoms with Gasteiger partial charge in [-0.3, -0.25) is 14.4 Å². The molecule has 3 unspecified atom stereocenters. The van der Waals surface area contributed by atoms with Gasteiger partial charge in [0.1, 0.15) is 23.0 Å². The molecular formula is C36H29NO5. The third-order valence-electron chi connectivity index (χ3n) is 9.06. The Morgan fingerprint density at radius 2 is 1.50 bits per heavy atom. The molecule has 7 rings (SSSR count). The average Bonchev–Trinajstić information content (AvgIpc) is 3.46. The Hall–Kier alpha value is -4.97. The number of fused-ring (bicyclic) bond motifs is 5. The number of methoxy groups -OCH3 is 2. The molecule has 4 aromatic rings. The number of hydrogen-bond donors (Lipinski definition) is 0. The van der Waals surface area contributed by atoms with Gasteiger partial charge in [0.05, 0.1) is 20.3 Å². The molecule has 0 bridgehead atoms. The summed E-state index contributed by atoms with van der Waals surface area (Å²) < 4.78 is 11.5. The highest BCUT2D eigenvalue weighted by atomic mass is 16.5. The lowest BCUT2D eigenvalue weighted by atomic mass is 9.64. The zero-order chi connectivity index (χ0) is 29.2. The molecule has 0 aromatic heterocycles. The largest absolute Gasteiger partial charge is 0.497 e. The number of benzene rings is 4. The highest BCUT2D eigenvalue weighted by molar-refractivity contribution is 6.32. The van der Waals surface area contributed by atoms with Crippen molar-refractivity contribution in [2.75, 3.05) is 19.1 Å². The van der Waals surface area contributed by atoms with Crippen molar-refractivity contribution >= 4 is 29.1 Å². The van der Waals surface area contributed by atoms with Crippen molar-refractivity contribution in [3.63, 3.8) is 0 Å². The molecule has 3 aliphatic rings. The number of hydrogen-bond acceptors (Lipinski definition) is 6. The quantitative estimate of drug-likeness (QED) is 0.212. The average molecular weight is 556 g/mol. The van der Waals surface area contributed by atoms with Crippen LogP contribution in [0.5, 0.6) is 11.5 Å². The van der Waals surface area contributed by atoms with Gasteiger partial charge in [-0.1, -0.05) is 78.4 Å². The summed E-state index contributed by atoms with van der Waals surface area (Å²) in [7, 11) is 3.12. The fourth-order valence-corrected chi connectivity index (χ4v) is 7.30. The van der Waals surface area contributed by atoms with Crippen molar-refractivity contribution in [2.45, 2.75) is 24.9 Å². The van der Waals surface area contributed by atoms with E-state index < -0.39 is 23.4 Å². The van der Waals surface area contributed by atoms with Crippen LogP contribution in [0.3, 0.4) is 0 Å². The van der Waals surface area contributed by atoms with Crippen molar-refractivity contribution in [3.8, 4) is 11.5 Å². The van der Waals surface area contributed by atoms with Gasteiger partial charge in [-0.05, 0) is 42.8 Å². The van der Waals surface area contributed by atoms with E-state index >= 15 is 0 Å². The third-order valence-corrected chi connectivity index (χ3v) is 9.06. The van der Waals surface area contributed by atoms with Crippen LogP contribution in [0.1, 0.15) is 53.7 Å². The molecule has 1 fully saturated rings. The minimum atomic E-state index is -1.61. The summed E-state index contributed by atoms with van der Waals surface area (Å²) >= 11 is 0. The van der Waals surface area contributed by atoms with Crippen molar-refractivity contribution in [3.05, 3.63) is 130 Å². The van der Waals surface area contributed by atoms with E-state index in [1.165, 1.54) is 0 Å². The second kappa shape index (κ2) is 9.55. The fraction of sp³-hybridized carbons (Fsp3) is 0.194. The lowest BCUT2D eigenvalue weighted by Gasteiger charge is -2.37. The minimum Gasteiger partial charge on any atom is -0.497 e. The number of aryl methyl sites for hydroxylation is 1. The van der Waals surface area contributed by atoms with Gasteiger partial charge in [0.15, 0.2) is 17.3 Å². The van der Waals surface area contributed by atoms with E-state index in [9.17, 15) is 14.4 Å². The van der Waals surface area contributed by atoms with Crippen molar-refractivity contribution in [1.82, 2.24) is 0 Å². The summed E-state index contributed by atoms with van der Waals surface area (Å²) in [6, 6.07) is 25.8. The summed E-state index contributed by atoms with van der Waals surface area (Å²) in [5.41, 5.74) is 3.04. The number of carbonyl (C=O) groups is 3. The van der Waals surface area contributed by atoms with Gasteiger partial charge in [0.2, 0.25) is 0 Å². The molecule has 4 aromatic carbocycles. The van der Waals surface area contributed by atoms with Crippen molar-refractivity contribution in [2.24, 2.45) is 5.41 Å². The van der Waals surface area contributed by atoms with Gasteiger partial charge in [0.25, 0.3) is 0 Å². The van der Waals surface area contributed by atoms with Crippen LogP contribution in [0, 0.1) is 12.3 Å². The van der Waals surface area contributed by atoms with E-state index in [0.717, 1.165) is 16.8 Å². The Bertz CT molecular complexity index is 1770. The zero-order valence-electron chi connectivity index (χ0n) is 23.5. The standard InChI is InChI=1S/C36H29NO5/c1-21-13-16-28-23(19-21)14-18-30-36(34(39)25-11-7-8-12-26(25)35(36)40)31(27-20-24(41-2)15-17-29(27)42-3)32(37(28)30)33(38)22-9-5-4-6-10-22/h4-20,30-32H,1-3H3. The van der Waals surface area contributed by atoms with Gasteiger partial charge >= 0.3 is 0 Å². The van der Waals surface area contributed by atoms with E-state index in [2.05, 4.69) is 6.07 Å². The molecule has 2 aliphatic heterocycles. The molecule has 0 amide bonds. The number of nitrogens with zero attached hydrogens (tertiary/aromatic N) is 1. The first-order valence-electron chi connectivity index (χ1n) is 14.0. The van der Waals surface area contributed by atoms with Crippen LogP contribution in [0.2, 0.25) is 0 Å². The number of rotatable bonds is 5. The van der Waals surface area contributed by atoms with Gasteiger partial charge in [-0.2, -0.15) is 0 Å². The predicted octanol–water partition coefficient (Wildman–Crippen LogP) is 6.33. The van der Waals surface area contributed by atoms with E-state index in [-0.39, 0.29) is 17.3 Å². The first-order chi connectivity index (χ1) is 20.4. The Kier molecular flexibility index (Phi) is 5.91. The normalized spacial score (nSPS) is 21.2. The summed E-state index contributed by atoms with van der Waals surface area (Å²) in [6.45, 7) is 2.02. The number of carbonyl (C=O) groups excluding carboxylic acids is 3. The topological polar surface area (TPSA) is 72.9 Å². The first kappa shape index (κ1) is 26.0. The lowest BCUT2D eigenvalue weighted by Crippen LogP contribution is -2.48. The molecule has 1 spiro atoms. The van der Waals surface area contributed by atoms with Crippen LogP contribution in [-0.2, 0) is 0 Å². The summed E-state index contributed by atoms with van der Waals surface area (Å²) in [5, 5.41) is 0. The van der Waals surface area contributed by atoms with Crippen LogP contribution in [0.25, 0.3) is 6.08 Å². The molecular weight excluding hydrogens is 526 g/mol. The molecule has 0 radical (unpaired) electrons. The number of ketones is 3. The maximum absolute atomic E-state index is 14.8. The molecule has 3 atom stereocenters. The van der Waals surface area contributed by atoms with Gasteiger partial charge in [-0.25, -0.2) is 0 Å². The van der Waals surface area contributed by atoms with Crippen LogP contribution < -0.4 is 14.4 Å². The minimum absolute atomic E-state index is 0.175. The van der Waals surface area contributed by atoms with Gasteiger partial charge < -0.3 is 14.4 Å². The zero-order valence-corrected chi connectivity index (χ0v) is 23.5. The summed E-state index contributed by atoms with van der Waals surface area (Å²) in [4.78, 5) is 46.5. The molecule has 0 N–H and O–H groups in total. The third kappa shape index (κ3) is 3.41. The molecule has 0 saturated carbocycles. The van der Waals surface area contributed by atoms with Crippen molar-refractivity contribution < 1.29 is 23.9 Å². The number of anilines is 1. The van der Waals surface area contributed by atoms with Crippen LogP contribution >= 0.6 is 0 Å². The van der Waals surface area contributed by atoms with Gasteiger partial charge in [-0.15, -0.1) is 0 Å². The van der Waals surface area contributed by atoms with E-state index in [0.29, 0.717) is 33.8 Å². The van der Waals surface area contributed by atoms with E-state index in [1.54, 1.807) is 68.8 Å². The number of ether oxygens (including phenoxy) is 2. The van der Waals surface area contributed by atoms with Crippen LogP contribution in [0.15, 0.2) is 97.1 Å². The second-order valence-corrected chi connectivity index (χ2v) is 11.1. The highest BCUT2D eigenvalue weighted by Gasteiger charge is 2.72.